The van der Waals surface area contributed by atoms with E-state index in [4.69, 9.17) is 9.31 Å². The van der Waals surface area contributed by atoms with E-state index in [0.717, 1.165) is 17.5 Å². The molecule has 0 aromatic carbocycles. The first-order chi connectivity index (χ1) is 9.10. The van der Waals surface area contributed by atoms with Crippen molar-refractivity contribution in [3.63, 3.8) is 0 Å². The third-order valence-electron chi connectivity index (χ3n) is 3.93. The molecule has 0 N–H and O–H groups in total. The van der Waals surface area contributed by atoms with E-state index in [1.54, 1.807) is 6.08 Å². The van der Waals surface area contributed by atoms with Gasteiger partial charge in [0.1, 0.15) is 0 Å². The van der Waals surface area contributed by atoms with Crippen LogP contribution in [0.5, 0.6) is 0 Å². The maximum absolute atomic E-state index is 13.5. The Balaban J connectivity index is 2.98. The molecule has 0 atom stereocenters. The number of rotatable bonds is 5. The standard InChI is InChI=1S/C16H26BFO2/c1-8-9-13(18)10-11-14(12(2)3)17-19-15(4,5)16(6,7)20-17/h10-11H,2,8-9H2,1,3-7H3. The Labute approximate surface area is 122 Å². The van der Waals surface area contributed by atoms with Crippen molar-refractivity contribution in [2.45, 2.75) is 65.6 Å². The van der Waals surface area contributed by atoms with Crippen LogP contribution in [0.1, 0.15) is 54.4 Å². The molecule has 112 valence electrons. The van der Waals surface area contributed by atoms with Crippen molar-refractivity contribution in [1.82, 2.24) is 0 Å². The van der Waals surface area contributed by atoms with Gasteiger partial charge in [0.15, 0.2) is 0 Å². The summed E-state index contributed by atoms with van der Waals surface area (Å²) in [5.41, 5.74) is 0.800. The highest BCUT2D eigenvalue weighted by molar-refractivity contribution is 6.56. The summed E-state index contributed by atoms with van der Waals surface area (Å²) in [6.07, 6.45) is 4.44. The van der Waals surface area contributed by atoms with Crippen molar-refractivity contribution in [2.24, 2.45) is 0 Å². The number of allylic oxidation sites excluding steroid dienone is 5. The Morgan fingerprint density at radius 2 is 1.65 bits per heavy atom. The predicted molar refractivity (Wildman–Crippen MR) is 83.1 cm³/mol. The van der Waals surface area contributed by atoms with E-state index < -0.39 is 18.3 Å². The van der Waals surface area contributed by atoms with Gasteiger partial charge < -0.3 is 9.31 Å². The van der Waals surface area contributed by atoms with Crippen LogP contribution in [0.2, 0.25) is 0 Å². The third kappa shape index (κ3) is 3.83. The summed E-state index contributed by atoms with van der Waals surface area (Å²) in [7, 11) is -0.497. The maximum atomic E-state index is 13.5. The molecule has 0 bridgehead atoms. The second-order valence-electron chi connectivity index (χ2n) is 6.35. The highest BCUT2D eigenvalue weighted by Gasteiger charge is 2.52. The van der Waals surface area contributed by atoms with Crippen LogP contribution in [0, 0.1) is 0 Å². The lowest BCUT2D eigenvalue weighted by atomic mass is 9.74. The quantitative estimate of drug-likeness (QED) is 0.533. The molecule has 2 nitrogen and oxygen atoms in total. The molecule has 0 saturated carbocycles. The summed E-state index contributed by atoms with van der Waals surface area (Å²) in [5.74, 6) is -0.136. The molecule has 1 saturated heterocycles. The molecule has 1 heterocycles. The minimum Gasteiger partial charge on any atom is -0.399 e. The first-order valence-electron chi connectivity index (χ1n) is 7.18. The van der Waals surface area contributed by atoms with E-state index in [-0.39, 0.29) is 5.83 Å². The van der Waals surface area contributed by atoms with Crippen molar-refractivity contribution in [2.75, 3.05) is 0 Å². The molecular weight excluding hydrogens is 254 g/mol. The van der Waals surface area contributed by atoms with Gasteiger partial charge in [0.05, 0.1) is 17.0 Å². The zero-order valence-electron chi connectivity index (χ0n) is 13.5. The Kier molecular flexibility index (Phi) is 5.39. The van der Waals surface area contributed by atoms with Gasteiger partial charge in [-0.2, -0.15) is 0 Å². The molecule has 0 amide bonds. The molecule has 0 aromatic heterocycles. The fourth-order valence-electron chi connectivity index (χ4n) is 1.89. The van der Waals surface area contributed by atoms with Gasteiger partial charge in [-0.3, -0.25) is 0 Å². The van der Waals surface area contributed by atoms with Gasteiger partial charge >= 0.3 is 7.12 Å². The van der Waals surface area contributed by atoms with Crippen LogP contribution in [-0.4, -0.2) is 18.3 Å². The van der Waals surface area contributed by atoms with Crippen molar-refractivity contribution in [3.8, 4) is 0 Å². The fourth-order valence-corrected chi connectivity index (χ4v) is 1.89. The lowest BCUT2D eigenvalue weighted by Crippen LogP contribution is -2.41. The Hall–Kier alpha value is -0.865. The van der Waals surface area contributed by atoms with E-state index in [1.165, 1.54) is 6.08 Å². The van der Waals surface area contributed by atoms with Gasteiger partial charge in [-0.1, -0.05) is 25.2 Å². The predicted octanol–water partition coefficient (Wildman–Crippen LogP) is 4.77. The molecule has 0 spiro atoms. The highest BCUT2D eigenvalue weighted by Crippen LogP contribution is 2.39. The molecule has 0 radical (unpaired) electrons. The molecule has 4 heteroatoms. The molecule has 20 heavy (non-hydrogen) atoms. The van der Waals surface area contributed by atoms with Crippen molar-refractivity contribution < 1.29 is 13.7 Å². The topological polar surface area (TPSA) is 18.5 Å². The lowest BCUT2D eigenvalue weighted by molar-refractivity contribution is 0.00578. The molecule has 1 fully saturated rings. The van der Waals surface area contributed by atoms with Gasteiger partial charge in [-0.25, -0.2) is 4.39 Å². The minimum atomic E-state index is -0.497. The van der Waals surface area contributed by atoms with Gasteiger partial charge in [-0.05, 0) is 59.0 Å². The first kappa shape index (κ1) is 17.2. The summed E-state index contributed by atoms with van der Waals surface area (Å²) < 4.78 is 25.5. The zero-order valence-corrected chi connectivity index (χ0v) is 13.5. The van der Waals surface area contributed by atoms with Gasteiger partial charge in [0.25, 0.3) is 0 Å². The van der Waals surface area contributed by atoms with Crippen LogP contribution in [-0.2, 0) is 9.31 Å². The smallest absolute Gasteiger partial charge is 0.399 e. The van der Waals surface area contributed by atoms with Gasteiger partial charge in [-0.15, -0.1) is 0 Å². The van der Waals surface area contributed by atoms with Crippen LogP contribution >= 0.6 is 0 Å². The average Bonchev–Trinajstić information content (AvgIpc) is 2.47. The van der Waals surface area contributed by atoms with Crippen LogP contribution < -0.4 is 0 Å². The zero-order chi connectivity index (χ0) is 15.6. The SMILES string of the molecule is C=C(C)C(=CC=C(F)CCC)B1OC(C)(C)C(C)(C)O1. The Morgan fingerprint density at radius 3 is 2.05 bits per heavy atom. The van der Waals surface area contributed by atoms with E-state index in [1.807, 2.05) is 41.5 Å². The molecule has 0 unspecified atom stereocenters. The molecule has 0 aliphatic carbocycles. The lowest BCUT2D eigenvalue weighted by Gasteiger charge is -2.32. The van der Waals surface area contributed by atoms with E-state index >= 15 is 0 Å². The second-order valence-corrected chi connectivity index (χ2v) is 6.35. The van der Waals surface area contributed by atoms with Crippen LogP contribution in [0.4, 0.5) is 4.39 Å². The van der Waals surface area contributed by atoms with Gasteiger partial charge in [0, 0.05) is 0 Å². The van der Waals surface area contributed by atoms with Crippen LogP contribution in [0.25, 0.3) is 0 Å². The largest absolute Gasteiger partial charge is 0.495 e. The van der Waals surface area contributed by atoms with E-state index in [2.05, 4.69) is 6.58 Å². The number of halogens is 1. The normalized spacial score (nSPS) is 22.2. The highest BCUT2D eigenvalue weighted by atomic mass is 19.1. The van der Waals surface area contributed by atoms with E-state index in [9.17, 15) is 4.39 Å². The summed E-state index contributed by atoms with van der Waals surface area (Å²) in [4.78, 5) is 0. The van der Waals surface area contributed by atoms with Crippen LogP contribution in [0.3, 0.4) is 0 Å². The summed E-state index contributed by atoms with van der Waals surface area (Å²) in [6.45, 7) is 15.8. The van der Waals surface area contributed by atoms with Crippen molar-refractivity contribution in [3.05, 3.63) is 35.6 Å². The fraction of sp³-hybridized carbons (Fsp3) is 0.625. The van der Waals surface area contributed by atoms with Crippen LogP contribution in [0.15, 0.2) is 35.6 Å². The second kappa shape index (κ2) is 6.27. The summed E-state index contributed by atoms with van der Waals surface area (Å²) >= 11 is 0. The Morgan fingerprint density at radius 1 is 1.15 bits per heavy atom. The molecule has 1 aliphatic heterocycles. The average molecular weight is 280 g/mol. The minimum absolute atomic E-state index is 0.136. The number of hydrogen-bond acceptors (Lipinski definition) is 2. The Bertz CT molecular complexity index is 420. The molecular formula is C16H26BFO2. The first-order valence-corrected chi connectivity index (χ1v) is 7.18. The summed E-state index contributed by atoms with van der Waals surface area (Å²) in [5, 5.41) is 0. The summed E-state index contributed by atoms with van der Waals surface area (Å²) in [6, 6.07) is 0. The van der Waals surface area contributed by atoms with E-state index in [0.29, 0.717) is 6.42 Å². The third-order valence-corrected chi connectivity index (χ3v) is 3.93. The van der Waals surface area contributed by atoms with Gasteiger partial charge in [0.2, 0.25) is 0 Å². The molecule has 0 aromatic rings. The number of hydrogen-bond donors (Lipinski definition) is 0. The maximum Gasteiger partial charge on any atom is 0.495 e. The van der Waals surface area contributed by atoms with Crippen molar-refractivity contribution >= 4 is 7.12 Å². The molecule has 1 rings (SSSR count). The van der Waals surface area contributed by atoms with Crippen molar-refractivity contribution in [1.29, 1.82) is 0 Å². The monoisotopic (exact) mass is 280 g/mol. The molecule has 1 aliphatic rings.